The summed E-state index contributed by atoms with van der Waals surface area (Å²) in [6, 6.07) is 6.60. The summed E-state index contributed by atoms with van der Waals surface area (Å²) in [5.41, 5.74) is 0.811. The van der Waals surface area contributed by atoms with E-state index in [1.165, 1.54) is 17.4 Å². The standard InChI is InChI=1S/C20H22FN3O3S/c1-13-12-15(14(2)27-13)19(25)24(7-6-23-8-10-26-11-9-23)20-22-18-16(21)4-3-5-17(18)28-20/h3-5,12H,6-11H2,1-2H3. The maximum absolute atomic E-state index is 14.1. The van der Waals surface area contributed by atoms with E-state index in [0.29, 0.717) is 54.0 Å². The summed E-state index contributed by atoms with van der Waals surface area (Å²) in [5.74, 6) is 0.702. The molecule has 0 radical (unpaired) electrons. The van der Waals surface area contributed by atoms with Crippen molar-refractivity contribution in [3.8, 4) is 0 Å². The molecule has 2 aromatic heterocycles. The molecule has 1 aliphatic rings. The third kappa shape index (κ3) is 3.80. The molecule has 1 fully saturated rings. The summed E-state index contributed by atoms with van der Waals surface area (Å²) in [6.07, 6.45) is 0. The van der Waals surface area contributed by atoms with Gasteiger partial charge in [0.25, 0.3) is 5.91 Å². The number of aryl methyl sites for hydroxylation is 2. The van der Waals surface area contributed by atoms with Gasteiger partial charge in [0.15, 0.2) is 5.13 Å². The number of carbonyl (C=O) groups is 1. The van der Waals surface area contributed by atoms with Gasteiger partial charge in [0.1, 0.15) is 22.9 Å². The van der Waals surface area contributed by atoms with E-state index >= 15 is 0 Å². The van der Waals surface area contributed by atoms with Gasteiger partial charge in [-0.1, -0.05) is 17.4 Å². The predicted molar refractivity (Wildman–Crippen MR) is 107 cm³/mol. The number of fused-ring (bicyclic) bond motifs is 1. The van der Waals surface area contributed by atoms with Crippen LogP contribution in [0.3, 0.4) is 0 Å². The molecule has 0 N–H and O–H groups in total. The number of anilines is 1. The minimum absolute atomic E-state index is 0.179. The van der Waals surface area contributed by atoms with Crippen LogP contribution >= 0.6 is 11.3 Å². The number of carbonyl (C=O) groups excluding carboxylic acids is 1. The van der Waals surface area contributed by atoms with Crippen LogP contribution in [0.5, 0.6) is 0 Å². The number of thiazole rings is 1. The fraction of sp³-hybridized carbons (Fsp3) is 0.400. The first-order valence-electron chi connectivity index (χ1n) is 9.27. The molecule has 4 rings (SSSR count). The van der Waals surface area contributed by atoms with E-state index in [2.05, 4.69) is 9.88 Å². The van der Waals surface area contributed by atoms with Crippen molar-refractivity contribution in [2.45, 2.75) is 13.8 Å². The van der Waals surface area contributed by atoms with Crippen LogP contribution < -0.4 is 4.90 Å². The van der Waals surface area contributed by atoms with Gasteiger partial charge in [-0.15, -0.1) is 0 Å². The number of ether oxygens (including phenoxy) is 1. The van der Waals surface area contributed by atoms with Gasteiger partial charge in [-0.05, 0) is 32.0 Å². The molecule has 0 atom stereocenters. The molecule has 6 nitrogen and oxygen atoms in total. The number of amides is 1. The Morgan fingerprint density at radius 1 is 1.32 bits per heavy atom. The molecule has 0 bridgehead atoms. The van der Waals surface area contributed by atoms with Gasteiger partial charge in [-0.25, -0.2) is 9.37 Å². The van der Waals surface area contributed by atoms with Crippen molar-refractivity contribution in [3.63, 3.8) is 0 Å². The highest BCUT2D eigenvalue weighted by molar-refractivity contribution is 7.22. The Morgan fingerprint density at radius 3 is 2.79 bits per heavy atom. The molecule has 1 amide bonds. The number of nitrogens with zero attached hydrogens (tertiary/aromatic N) is 3. The van der Waals surface area contributed by atoms with E-state index < -0.39 is 0 Å². The van der Waals surface area contributed by atoms with Crippen LogP contribution in [-0.2, 0) is 4.74 Å². The zero-order chi connectivity index (χ0) is 19.7. The van der Waals surface area contributed by atoms with Gasteiger partial charge in [0.2, 0.25) is 0 Å². The quantitative estimate of drug-likeness (QED) is 0.651. The fourth-order valence-electron chi connectivity index (χ4n) is 3.36. The molecule has 0 spiro atoms. The van der Waals surface area contributed by atoms with Crippen molar-refractivity contribution in [2.75, 3.05) is 44.3 Å². The highest BCUT2D eigenvalue weighted by Gasteiger charge is 2.26. The Labute approximate surface area is 166 Å². The molecule has 0 saturated carbocycles. The molecule has 1 saturated heterocycles. The summed E-state index contributed by atoms with van der Waals surface area (Å²) in [6.45, 7) is 7.81. The first kappa shape index (κ1) is 19.0. The summed E-state index contributed by atoms with van der Waals surface area (Å²) in [5, 5.41) is 0.497. The SMILES string of the molecule is Cc1cc(C(=O)N(CCN2CCOCC2)c2nc3c(F)cccc3s2)c(C)o1. The van der Waals surface area contributed by atoms with Crippen LogP contribution in [0.25, 0.3) is 10.2 Å². The van der Waals surface area contributed by atoms with E-state index in [1.807, 2.05) is 13.0 Å². The van der Waals surface area contributed by atoms with Crippen LogP contribution in [0.4, 0.5) is 9.52 Å². The molecule has 8 heteroatoms. The lowest BCUT2D eigenvalue weighted by Gasteiger charge is -2.29. The molecule has 1 aromatic carbocycles. The number of rotatable bonds is 5. The largest absolute Gasteiger partial charge is 0.466 e. The van der Waals surface area contributed by atoms with Crippen LogP contribution in [-0.4, -0.2) is 55.2 Å². The predicted octanol–water partition coefficient (Wildman–Crippen LogP) is 3.62. The summed E-state index contributed by atoms with van der Waals surface area (Å²) in [4.78, 5) is 21.6. The zero-order valence-electron chi connectivity index (χ0n) is 15.9. The van der Waals surface area contributed by atoms with Gasteiger partial charge in [-0.2, -0.15) is 0 Å². The van der Waals surface area contributed by atoms with Crippen LogP contribution in [0.1, 0.15) is 21.9 Å². The molecular weight excluding hydrogens is 381 g/mol. The van der Waals surface area contributed by atoms with Gasteiger partial charge in [0.05, 0.1) is 23.5 Å². The Kier molecular flexibility index (Phi) is 5.43. The maximum Gasteiger partial charge on any atom is 0.263 e. The number of morpholine rings is 1. The number of para-hydroxylation sites is 1. The van der Waals surface area contributed by atoms with Gasteiger partial charge < -0.3 is 9.15 Å². The maximum atomic E-state index is 14.1. The van der Waals surface area contributed by atoms with Crippen molar-refractivity contribution in [3.05, 3.63) is 47.2 Å². The first-order valence-corrected chi connectivity index (χ1v) is 10.1. The Balaban J connectivity index is 1.66. The molecule has 3 aromatic rings. The number of hydrogen-bond acceptors (Lipinski definition) is 6. The second-order valence-corrected chi connectivity index (χ2v) is 7.83. The number of hydrogen-bond donors (Lipinski definition) is 0. The fourth-order valence-corrected chi connectivity index (χ4v) is 4.36. The molecule has 0 unspecified atom stereocenters. The van der Waals surface area contributed by atoms with Crippen LogP contribution in [0.2, 0.25) is 0 Å². The highest BCUT2D eigenvalue weighted by Crippen LogP contribution is 2.31. The molecule has 28 heavy (non-hydrogen) atoms. The lowest BCUT2D eigenvalue weighted by molar-refractivity contribution is 0.0391. The smallest absolute Gasteiger partial charge is 0.263 e. The highest BCUT2D eigenvalue weighted by atomic mass is 32.1. The Morgan fingerprint density at radius 2 is 2.11 bits per heavy atom. The molecule has 1 aliphatic heterocycles. The summed E-state index contributed by atoms with van der Waals surface area (Å²) < 4.78 is 25.8. The topological polar surface area (TPSA) is 58.8 Å². The average molecular weight is 403 g/mol. The van der Waals surface area contributed by atoms with Crippen molar-refractivity contribution < 1.29 is 18.3 Å². The zero-order valence-corrected chi connectivity index (χ0v) is 16.7. The van der Waals surface area contributed by atoms with Gasteiger partial charge in [0, 0.05) is 26.2 Å². The Bertz CT molecular complexity index is 994. The third-order valence-electron chi connectivity index (χ3n) is 4.85. The number of benzene rings is 1. The van der Waals surface area contributed by atoms with E-state index in [0.717, 1.165) is 17.8 Å². The number of aromatic nitrogens is 1. The second kappa shape index (κ2) is 7.98. The lowest BCUT2D eigenvalue weighted by atomic mass is 10.2. The van der Waals surface area contributed by atoms with Crippen molar-refractivity contribution >= 4 is 32.6 Å². The Hall–Kier alpha value is -2.29. The number of furan rings is 1. The van der Waals surface area contributed by atoms with Crippen molar-refractivity contribution in [1.29, 1.82) is 0 Å². The summed E-state index contributed by atoms with van der Waals surface area (Å²) in [7, 11) is 0. The molecular formula is C20H22FN3O3S. The normalized spacial score (nSPS) is 15.2. The summed E-state index contributed by atoms with van der Waals surface area (Å²) >= 11 is 1.32. The van der Waals surface area contributed by atoms with E-state index in [4.69, 9.17) is 9.15 Å². The molecule has 148 valence electrons. The lowest BCUT2D eigenvalue weighted by Crippen LogP contribution is -2.43. The monoisotopic (exact) mass is 403 g/mol. The third-order valence-corrected chi connectivity index (χ3v) is 5.89. The van der Waals surface area contributed by atoms with E-state index in [-0.39, 0.29) is 11.7 Å². The van der Waals surface area contributed by atoms with Crippen molar-refractivity contribution in [2.24, 2.45) is 0 Å². The minimum atomic E-state index is -0.379. The average Bonchev–Trinajstić information content (AvgIpc) is 3.26. The molecule has 0 aliphatic carbocycles. The number of halogens is 1. The van der Waals surface area contributed by atoms with E-state index in [9.17, 15) is 9.18 Å². The van der Waals surface area contributed by atoms with Crippen LogP contribution in [0.15, 0.2) is 28.7 Å². The molecule has 3 heterocycles. The van der Waals surface area contributed by atoms with E-state index in [1.54, 1.807) is 24.0 Å². The van der Waals surface area contributed by atoms with Crippen molar-refractivity contribution in [1.82, 2.24) is 9.88 Å². The first-order chi connectivity index (χ1) is 13.5. The van der Waals surface area contributed by atoms with Crippen LogP contribution in [0, 0.1) is 19.7 Å². The second-order valence-electron chi connectivity index (χ2n) is 6.82. The minimum Gasteiger partial charge on any atom is -0.466 e. The van der Waals surface area contributed by atoms with Gasteiger partial charge in [-0.3, -0.25) is 14.6 Å². The van der Waals surface area contributed by atoms with Gasteiger partial charge >= 0.3 is 0 Å².